The van der Waals surface area contributed by atoms with E-state index in [1.165, 1.54) is 111 Å². The minimum absolute atomic E-state index is 0.00873. The van der Waals surface area contributed by atoms with Crippen LogP contribution in [0.2, 0.25) is 0 Å². The number of benzene rings is 4. The Labute approximate surface area is 294 Å². The molecule has 4 aromatic rings. The predicted molar refractivity (Wildman–Crippen MR) is 202 cm³/mol. The van der Waals surface area contributed by atoms with Crippen LogP contribution in [0.1, 0.15) is 160 Å². The number of halogens is 1. The van der Waals surface area contributed by atoms with E-state index in [0.29, 0.717) is 17.8 Å². The first-order chi connectivity index (χ1) is 24.2. The summed E-state index contributed by atoms with van der Waals surface area (Å²) in [6, 6.07) is 32.9. The molecular formula is C46H53FN2. The van der Waals surface area contributed by atoms with Crippen LogP contribution >= 0.6 is 0 Å². The van der Waals surface area contributed by atoms with Gasteiger partial charge < -0.3 is 9.80 Å². The average molecular weight is 653 g/mol. The monoisotopic (exact) mass is 652 g/mol. The van der Waals surface area contributed by atoms with Crippen molar-refractivity contribution in [3.63, 3.8) is 0 Å². The van der Waals surface area contributed by atoms with Crippen molar-refractivity contribution in [2.24, 2.45) is 0 Å². The maximum absolute atomic E-state index is 15.1. The fourth-order valence-electron chi connectivity index (χ4n) is 9.93. The molecule has 2 radical (unpaired) electrons. The third kappa shape index (κ3) is 6.67. The summed E-state index contributed by atoms with van der Waals surface area (Å²) in [5.74, 6) is 1.48. The molecule has 4 fully saturated rings. The van der Waals surface area contributed by atoms with E-state index in [2.05, 4.69) is 102 Å². The van der Waals surface area contributed by atoms with E-state index in [9.17, 15) is 0 Å². The van der Waals surface area contributed by atoms with Gasteiger partial charge in [-0.15, -0.1) is 0 Å². The minimum atomic E-state index is -0.134. The average Bonchev–Trinajstić information content (AvgIpc) is 3.56. The molecule has 3 saturated carbocycles. The maximum Gasteiger partial charge on any atom is 0.210 e. The Morgan fingerprint density at radius 1 is 0.510 bits per heavy atom. The molecular weight excluding hydrogens is 600 g/mol. The van der Waals surface area contributed by atoms with Gasteiger partial charge in [-0.3, -0.25) is 0 Å². The molecule has 8 rings (SSSR count). The largest absolute Gasteiger partial charge is 0.331 e. The minimum Gasteiger partial charge on any atom is -0.331 e. The Kier molecular flexibility index (Phi) is 9.79. The van der Waals surface area contributed by atoms with Gasteiger partial charge in [0.25, 0.3) is 0 Å². The van der Waals surface area contributed by atoms with E-state index in [0.717, 1.165) is 24.1 Å². The number of nitrogens with zero attached hydrogens (tertiary/aromatic N) is 2. The summed E-state index contributed by atoms with van der Waals surface area (Å²) in [6.07, 6.45) is 19.2. The zero-order chi connectivity index (χ0) is 33.2. The van der Waals surface area contributed by atoms with Gasteiger partial charge in [0, 0.05) is 11.4 Å². The van der Waals surface area contributed by atoms with Gasteiger partial charge in [0.1, 0.15) is 5.82 Å². The maximum atomic E-state index is 15.1. The molecule has 3 heteroatoms. The van der Waals surface area contributed by atoms with Crippen LogP contribution in [0, 0.1) is 19.4 Å². The summed E-state index contributed by atoms with van der Waals surface area (Å²) in [7, 11) is 0. The highest BCUT2D eigenvalue weighted by molar-refractivity contribution is 5.71. The zero-order valence-electron chi connectivity index (χ0n) is 29.4. The Balaban J connectivity index is 1.32. The molecule has 4 aromatic carbocycles. The lowest BCUT2D eigenvalue weighted by atomic mass is 9.78. The second kappa shape index (κ2) is 14.7. The van der Waals surface area contributed by atoms with E-state index in [1.54, 1.807) is 11.6 Å². The third-order valence-electron chi connectivity index (χ3n) is 12.4. The summed E-state index contributed by atoms with van der Waals surface area (Å²) in [6.45, 7) is 6.45. The van der Waals surface area contributed by atoms with Crippen molar-refractivity contribution < 1.29 is 4.39 Å². The van der Waals surface area contributed by atoms with Gasteiger partial charge in [0.2, 0.25) is 6.67 Å². The SMILES string of the molecule is Cc1cc(C2CCCCC2)cc(C2CCCCC2)c1N1[C]N(c2ccc(F)cc2C2CCCCC2)[C@@H](c2ccccc2)[C@@H]1c1ccccc1. The summed E-state index contributed by atoms with van der Waals surface area (Å²) in [4.78, 5) is 4.94. The van der Waals surface area contributed by atoms with Crippen LogP contribution in [0.15, 0.2) is 91.0 Å². The third-order valence-corrected chi connectivity index (χ3v) is 12.4. The van der Waals surface area contributed by atoms with Gasteiger partial charge in [-0.25, -0.2) is 4.39 Å². The van der Waals surface area contributed by atoms with E-state index in [4.69, 9.17) is 0 Å². The van der Waals surface area contributed by atoms with Crippen LogP contribution in [-0.4, -0.2) is 0 Å². The standard InChI is InChI=1S/C46H53FN2/c1-33-29-39(34-17-7-2-8-18-34)30-42(36-21-11-4-12-22-36)44(33)49-32-48(43-28-27-40(47)31-41(43)35-19-9-3-10-20-35)45(37-23-13-5-14-24-37)46(49)38-25-15-6-16-26-38/h5-6,13-16,23-31,34-36,45-46H,2-4,7-12,17-22H2,1H3/t45-,46-/m0/s1. The highest BCUT2D eigenvalue weighted by Gasteiger charge is 2.46. The van der Waals surface area contributed by atoms with Crippen LogP contribution in [0.3, 0.4) is 0 Å². The quantitative estimate of drug-likeness (QED) is 0.196. The lowest BCUT2D eigenvalue weighted by Crippen LogP contribution is -2.26. The van der Waals surface area contributed by atoms with Crippen molar-refractivity contribution in [1.82, 2.24) is 0 Å². The summed E-state index contributed by atoms with van der Waals surface area (Å²) >= 11 is 0. The smallest absolute Gasteiger partial charge is 0.210 e. The fourth-order valence-corrected chi connectivity index (χ4v) is 9.93. The number of anilines is 2. The fraction of sp³-hybridized carbons (Fsp3) is 0.457. The van der Waals surface area contributed by atoms with E-state index in [1.807, 2.05) is 6.07 Å². The van der Waals surface area contributed by atoms with Crippen LogP contribution in [0.25, 0.3) is 0 Å². The predicted octanol–water partition coefficient (Wildman–Crippen LogP) is 13.1. The molecule has 2 nitrogen and oxygen atoms in total. The molecule has 1 saturated heterocycles. The molecule has 1 aliphatic heterocycles. The van der Waals surface area contributed by atoms with E-state index in [-0.39, 0.29) is 17.9 Å². The molecule has 254 valence electrons. The Bertz CT molecular complexity index is 1680. The van der Waals surface area contributed by atoms with Crippen LogP contribution in [0.4, 0.5) is 15.8 Å². The number of hydrogen-bond donors (Lipinski definition) is 0. The van der Waals surface area contributed by atoms with Crippen LogP contribution < -0.4 is 9.80 Å². The van der Waals surface area contributed by atoms with E-state index < -0.39 is 0 Å². The molecule has 3 aliphatic carbocycles. The second-order valence-electron chi connectivity index (χ2n) is 15.5. The first kappa shape index (κ1) is 32.6. The van der Waals surface area contributed by atoms with Gasteiger partial charge in [-0.05, 0) is 115 Å². The summed E-state index contributed by atoms with van der Waals surface area (Å²) in [5, 5.41) is 0. The van der Waals surface area contributed by atoms with Crippen molar-refractivity contribution in [2.75, 3.05) is 9.80 Å². The van der Waals surface area contributed by atoms with Gasteiger partial charge in [0.05, 0.1) is 12.1 Å². The zero-order valence-corrected chi connectivity index (χ0v) is 29.4. The molecule has 49 heavy (non-hydrogen) atoms. The first-order valence-electron chi connectivity index (χ1n) is 19.5. The molecule has 0 amide bonds. The van der Waals surface area contributed by atoms with Crippen molar-refractivity contribution in [2.45, 2.75) is 133 Å². The molecule has 0 aromatic heterocycles. The molecule has 2 atom stereocenters. The molecule has 4 aliphatic rings. The number of hydrogen-bond acceptors (Lipinski definition) is 2. The highest BCUT2D eigenvalue weighted by atomic mass is 19.1. The lowest BCUT2D eigenvalue weighted by Gasteiger charge is -2.35. The van der Waals surface area contributed by atoms with Crippen molar-refractivity contribution >= 4 is 11.4 Å². The van der Waals surface area contributed by atoms with Crippen molar-refractivity contribution in [3.8, 4) is 0 Å². The van der Waals surface area contributed by atoms with Gasteiger partial charge in [-0.1, -0.05) is 131 Å². The molecule has 0 unspecified atom stereocenters. The van der Waals surface area contributed by atoms with Crippen molar-refractivity contribution in [1.29, 1.82) is 0 Å². The topological polar surface area (TPSA) is 6.48 Å². The second-order valence-corrected chi connectivity index (χ2v) is 15.5. The number of rotatable bonds is 7. The Morgan fingerprint density at radius 3 is 1.59 bits per heavy atom. The first-order valence-corrected chi connectivity index (χ1v) is 19.5. The van der Waals surface area contributed by atoms with Gasteiger partial charge >= 0.3 is 0 Å². The normalized spacial score (nSPS) is 22.9. The Morgan fingerprint density at radius 2 is 1.02 bits per heavy atom. The van der Waals surface area contributed by atoms with Gasteiger partial charge in [0.15, 0.2) is 0 Å². The summed E-state index contributed by atoms with van der Waals surface area (Å²) in [5.41, 5.74) is 10.6. The van der Waals surface area contributed by atoms with Crippen LogP contribution in [0.5, 0.6) is 0 Å². The lowest BCUT2D eigenvalue weighted by molar-refractivity contribution is 0.435. The summed E-state index contributed by atoms with van der Waals surface area (Å²) < 4.78 is 15.1. The molecule has 0 N–H and O–H groups in total. The van der Waals surface area contributed by atoms with Gasteiger partial charge in [-0.2, -0.15) is 0 Å². The van der Waals surface area contributed by atoms with E-state index >= 15 is 4.39 Å². The molecule has 1 heterocycles. The molecule has 0 spiro atoms. The Hall–Kier alpha value is -3.59. The van der Waals surface area contributed by atoms with Crippen molar-refractivity contribution in [3.05, 3.63) is 137 Å². The van der Waals surface area contributed by atoms with Crippen LogP contribution in [-0.2, 0) is 0 Å². The molecule has 0 bridgehead atoms. The highest BCUT2D eigenvalue weighted by Crippen LogP contribution is 2.55. The number of aryl methyl sites for hydroxylation is 1.